The maximum absolute atomic E-state index is 5.81. The molecular weight excluding hydrogens is 194 g/mol. The Morgan fingerprint density at radius 1 is 0.938 bits per heavy atom. The topological polar surface area (TPSA) is 26.0 Å². The third kappa shape index (κ3) is 2.25. The fourth-order valence-corrected chi connectivity index (χ4v) is 1.99. The predicted octanol–water partition coefficient (Wildman–Crippen LogP) is 3.62. The summed E-state index contributed by atoms with van der Waals surface area (Å²) in [4.78, 5) is 0. The number of rotatable bonds is 3. The van der Waals surface area contributed by atoms with Gasteiger partial charge in [0.25, 0.3) is 0 Å². The SMILES string of the molecule is [CH2]CC(c1ccccc1)c1cccc(N)c1. The molecule has 0 amide bonds. The summed E-state index contributed by atoms with van der Waals surface area (Å²) in [7, 11) is 0. The number of benzene rings is 2. The highest BCUT2D eigenvalue weighted by atomic mass is 14.5. The highest BCUT2D eigenvalue weighted by Gasteiger charge is 2.11. The Kier molecular flexibility index (Phi) is 3.25. The van der Waals surface area contributed by atoms with Gasteiger partial charge >= 0.3 is 0 Å². The Labute approximate surface area is 96.9 Å². The summed E-state index contributed by atoms with van der Waals surface area (Å²) in [6, 6.07) is 18.5. The van der Waals surface area contributed by atoms with Crippen LogP contribution in [0.4, 0.5) is 5.69 Å². The first kappa shape index (κ1) is 10.7. The van der Waals surface area contributed by atoms with Crippen LogP contribution < -0.4 is 5.73 Å². The molecule has 0 aliphatic rings. The molecule has 0 aromatic heterocycles. The first-order valence-corrected chi connectivity index (χ1v) is 5.51. The zero-order chi connectivity index (χ0) is 11.4. The van der Waals surface area contributed by atoms with Gasteiger partial charge in [-0.2, -0.15) is 0 Å². The highest BCUT2D eigenvalue weighted by molar-refractivity contribution is 5.44. The summed E-state index contributed by atoms with van der Waals surface area (Å²) in [6.45, 7) is 4.03. The van der Waals surface area contributed by atoms with Gasteiger partial charge in [-0.1, -0.05) is 49.4 Å². The summed E-state index contributed by atoms with van der Waals surface area (Å²) < 4.78 is 0. The smallest absolute Gasteiger partial charge is 0.0316 e. The molecule has 1 unspecified atom stereocenters. The Morgan fingerprint density at radius 2 is 1.62 bits per heavy atom. The van der Waals surface area contributed by atoms with Crippen molar-refractivity contribution in [3.63, 3.8) is 0 Å². The van der Waals surface area contributed by atoms with Crippen LogP contribution in [-0.4, -0.2) is 0 Å². The van der Waals surface area contributed by atoms with E-state index in [2.05, 4.69) is 37.3 Å². The molecule has 1 atom stereocenters. The van der Waals surface area contributed by atoms with E-state index in [1.54, 1.807) is 0 Å². The zero-order valence-corrected chi connectivity index (χ0v) is 9.27. The molecule has 0 saturated heterocycles. The van der Waals surface area contributed by atoms with Crippen molar-refractivity contribution < 1.29 is 0 Å². The maximum atomic E-state index is 5.81. The normalized spacial score (nSPS) is 12.3. The molecule has 0 aliphatic carbocycles. The van der Waals surface area contributed by atoms with Crippen molar-refractivity contribution in [1.82, 2.24) is 0 Å². The maximum Gasteiger partial charge on any atom is 0.0316 e. The van der Waals surface area contributed by atoms with E-state index in [9.17, 15) is 0 Å². The number of nitrogens with two attached hydrogens (primary N) is 1. The molecule has 0 heterocycles. The second-order valence-electron chi connectivity index (χ2n) is 3.92. The molecule has 16 heavy (non-hydrogen) atoms. The number of hydrogen-bond acceptors (Lipinski definition) is 1. The van der Waals surface area contributed by atoms with Gasteiger partial charge < -0.3 is 5.73 Å². The minimum Gasteiger partial charge on any atom is -0.399 e. The van der Waals surface area contributed by atoms with E-state index >= 15 is 0 Å². The van der Waals surface area contributed by atoms with Crippen LogP contribution in [0.3, 0.4) is 0 Å². The summed E-state index contributed by atoms with van der Waals surface area (Å²) in [6.07, 6.45) is 0.841. The molecular formula is C15H16N. The van der Waals surface area contributed by atoms with Crippen molar-refractivity contribution in [2.75, 3.05) is 5.73 Å². The van der Waals surface area contributed by atoms with Crippen LogP contribution >= 0.6 is 0 Å². The molecule has 81 valence electrons. The predicted molar refractivity (Wildman–Crippen MR) is 69.1 cm³/mol. The van der Waals surface area contributed by atoms with Gasteiger partial charge in [-0.3, -0.25) is 0 Å². The van der Waals surface area contributed by atoms with E-state index in [0.717, 1.165) is 12.1 Å². The Balaban J connectivity index is 2.37. The molecule has 0 spiro atoms. The summed E-state index contributed by atoms with van der Waals surface area (Å²) >= 11 is 0. The Bertz CT molecular complexity index is 448. The number of hydrogen-bond donors (Lipinski definition) is 1. The fraction of sp³-hybridized carbons (Fsp3) is 0.133. The second kappa shape index (κ2) is 4.84. The molecule has 2 aromatic rings. The largest absolute Gasteiger partial charge is 0.399 e. The van der Waals surface area contributed by atoms with Gasteiger partial charge in [0.05, 0.1) is 0 Å². The Morgan fingerprint density at radius 3 is 2.25 bits per heavy atom. The first-order valence-electron chi connectivity index (χ1n) is 5.51. The monoisotopic (exact) mass is 210 g/mol. The lowest BCUT2D eigenvalue weighted by Gasteiger charge is -2.16. The minimum absolute atomic E-state index is 0.338. The van der Waals surface area contributed by atoms with Crippen LogP contribution in [0.5, 0.6) is 0 Å². The van der Waals surface area contributed by atoms with Gasteiger partial charge in [0.15, 0.2) is 0 Å². The van der Waals surface area contributed by atoms with Gasteiger partial charge in [0.1, 0.15) is 0 Å². The molecule has 0 fully saturated rings. The summed E-state index contributed by atoms with van der Waals surface area (Å²) in [5, 5.41) is 0. The standard InChI is InChI=1S/C15H16N/c1-2-15(12-7-4-3-5-8-12)13-9-6-10-14(16)11-13/h3-11,15H,1-2,16H2. The van der Waals surface area contributed by atoms with E-state index < -0.39 is 0 Å². The van der Waals surface area contributed by atoms with Gasteiger partial charge in [-0.05, 0) is 29.7 Å². The zero-order valence-electron chi connectivity index (χ0n) is 9.27. The van der Waals surface area contributed by atoms with Crippen LogP contribution in [0.1, 0.15) is 23.5 Å². The van der Waals surface area contributed by atoms with Gasteiger partial charge in [-0.25, -0.2) is 0 Å². The quantitative estimate of drug-likeness (QED) is 0.769. The molecule has 2 aromatic carbocycles. The third-order valence-electron chi connectivity index (χ3n) is 2.80. The molecule has 0 saturated carbocycles. The van der Waals surface area contributed by atoms with E-state index in [1.807, 2.05) is 24.3 Å². The molecule has 0 aliphatic heterocycles. The van der Waals surface area contributed by atoms with E-state index in [4.69, 9.17) is 5.73 Å². The second-order valence-corrected chi connectivity index (χ2v) is 3.92. The minimum atomic E-state index is 0.338. The first-order chi connectivity index (χ1) is 7.81. The molecule has 2 rings (SSSR count). The lowest BCUT2D eigenvalue weighted by atomic mass is 9.89. The van der Waals surface area contributed by atoms with Crippen LogP contribution in [0, 0.1) is 6.92 Å². The average molecular weight is 210 g/mol. The van der Waals surface area contributed by atoms with E-state index in [-0.39, 0.29) is 0 Å². The van der Waals surface area contributed by atoms with E-state index in [1.165, 1.54) is 11.1 Å². The Hall–Kier alpha value is -1.76. The van der Waals surface area contributed by atoms with Gasteiger partial charge in [0, 0.05) is 11.6 Å². The van der Waals surface area contributed by atoms with Crippen molar-refractivity contribution in [2.45, 2.75) is 12.3 Å². The number of anilines is 1. The van der Waals surface area contributed by atoms with Crippen molar-refractivity contribution >= 4 is 5.69 Å². The lowest BCUT2D eigenvalue weighted by molar-refractivity contribution is 0.828. The van der Waals surface area contributed by atoms with Crippen LogP contribution in [-0.2, 0) is 0 Å². The third-order valence-corrected chi connectivity index (χ3v) is 2.80. The lowest BCUT2D eigenvalue weighted by Crippen LogP contribution is -2.00. The van der Waals surface area contributed by atoms with Gasteiger partial charge in [0.2, 0.25) is 0 Å². The fourth-order valence-electron chi connectivity index (χ4n) is 1.99. The van der Waals surface area contributed by atoms with Crippen molar-refractivity contribution in [3.05, 3.63) is 72.6 Å². The average Bonchev–Trinajstić information content (AvgIpc) is 2.31. The van der Waals surface area contributed by atoms with Crippen molar-refractivity contribution in [2.24, 2.45) is 0 Å². The van der Waals surface area contributed by atoms with Gasteiger partial charge in [-0.15, -0.1) is 0 Å². The molecule has 2 N–H and O–H groups in total. The van der Waals surface area contributed by atoms with Crippen molar-refractivity contribution in [1.29, 1.82) is 0 Å². The number of nitrogen functional groups attached to an aromatic ring is 1. The van der Waals surface area contributed by atoms with Crippen LogP contribution in [0.25, 0.3) is 0 Å². The van der Waals surface area contributed by atoms with Crippen LogP contribution in [0.2, 0.25) is 0 Å². The molecule has 0 bridgehead atoms. The van der Waals surface area contributed by atoms with E-state index in [0.29, 0.717) is 5.92 Å². The highest BCUT2D eigenvalue weighted by Crippen LogP contribution is 2.28. The van der Waals surface area contributed by atoms with Crippen LogP contribution in [0.15, 0.2) is 54.6 Å². The molecule has 1 nitrogen and oxygen atoms in total. The summed E-state index contributed by atoms with van der Waals surface area (Å²) in [5.74, 6) is 0.338. The summed E-state index contributed by atoms with van der Waals surface area (Å²) in [5.41, 5.74) is 9.15. The van der Waals surface area contributed by atoms with Crippen molar-refractivity contribution in [3.8, 4) is 0 Å². The molecule has 1 radical (unpaired) electrons. The molecule has 1 heteroatoms.